The van der Waals surface area contributed by atoms with Crippen LogP contribution >= 0.6 is 0 Å². The van der Waals surface area contributed by atoms with Gasteiger partial charge in [0.1, 0.15) is 5.76 Å². The summed E-state index contributed by atoms with van der Waals surface area (Å²) < 4.78 is 11.2. The number of nitrogens with one attached hydrogen (secondary N) is 1. The van der Waals surface area contributed by atoms with Crippen LogP contribution in [0.4, 0.5) is 0 Å². The van der Waals surface area contributed by atoms with E-state index in [4.69, 9.17) is 9.15 Å². The van der Waals surface area contributed by atoms with E-state index < -0.39 is 0 Å². The molecule has 0 saturated carbocycles. The molecule has 22 heavy (non-hydrogen) atoms. The summed E-state index contributed by atoms with van der Waals surface area (Å²) in [5.41, 5.74) is 2.91. The van der Waals surface area contributed by atoms with Crippen LogP contribution in [0.15, 0.2) is 16.5 Å². The molecule has 1 N–H and O–H groups in total. The SMILES string of the molecule is CCc1ccc(C(=O)N2CCOCC2c2c(C)n[nH]c2C)o1. The fourth-order valence-electron chi connectivity index (χ4n) is 2.96. The third-order valence-corrected chi connectivity index (χ3v) is 4.13. The molecule has 3 rings (SSSR count). The Morgan fingerprint density at radius 3 is 2.91 bits per heavy atom. The van der Waals surface area contributed by atoms with E-state index in [9.17, 15) is 4.79 Å². The van der Waals surface area contributed by atoms with Crippen molar-refractivity contribution in [1.82, 2.24) is 15.1 Å². The Hall–Kier alpha value is -2.08. The number of rotatable bonds is 3. The van der Waals surface area contributed by atoms with E-state index in [1.54, 1.807) is 6.07 Å². The lowest BCUT2D eigenvalue weighted by molar-refractivity contribution is -0.00464. The predicted molar refractivity (Wildman–Crippen MR) is 80.7 cm³/mol. The first-order chi connectivity index (χ1) is 10.6. The minimum atomic E-state index is -0.129. The summed E-state index contributed by atoms with van der Waals surface area (Å²) in [6, 6.07) is 3.48. The van der Waals surface area contributed by atoms with Gasteiger partial charge in [0.2, 0.25) is 0 Å². The Bertz CT molecular complexity index is 654. The number of nitrogens with zero attached hydrogens (tertiary/aromatic N) is 2. The molecular formula is C16H21N3O3. The minimum absolute atomic E-state index is 0.0898. The summed E-state index contributed by atoms with van der Waals surface area (Å²) in [5.74, 6) is 1.12. The van der Waals surface area contributed by atoms with Crippen molar-refractivity contribution in [2.24, 2.45) is 0 Å². The molecule has 2 aromatic rings. The van der Waals surface area contributed by atoms with Gasteiger partial charge in [0.25, 0.3) is 5.91 Å². The van der Waals surface area contributed by atoms with Crippen LogP contribution in [0.3, 0.4) is 0 Å². The molecule has 0 radical (unpaired) electrons. The Morgan fingerprint density at radius 1 is 1.45 bits per heavy atom. The molecular weight excluding hydrogens is 282 g/mol. The lowest BCUT2D eigenvalue weighted by Gasteiger charge is -2.35. The molecule has 0 aromatic carbocycles. The molecule has 0 aliphatic carbocycles. The molecule has 3 heterocycles. The van der Waals surface area contributed by atoms with Crippen molar-refractivity contribution in [2.45, 2.75) is 33.2 Å². The highest BCUT2D eigenvalue weighted by atomic mass is 16.5. The molecule has 1 unspecified atom stereocenters. The number of morpholine rings is 1. The number of carbonyl (C=O) groups is 1. The molecule has 1 fully saturated rings. The van der Waals surface area contributed by atoms with E-state index in [1.807, 2.05) is 31.7 Å². The molecule has 1 saturated heterocycles. The van der Waals surface area contributed by atoms with E-state index in [1.165, 1.54) is 0 Å². The lowest BCUT2D eigenvalue weighted by atomic mass is 10.0. The van der Waals surface area contributed by atoms with Gasteiger partial charge in [-0.15, -0.1) is 0 Å². The second-order valence-corrected chi connectivity index (χ2v) is 5.56. The Balaban J connectivity index is 1.91. The second kappa shape index (κ2) is 5.96. The minimum Gasteiger partial charge on any atom is -0.456 e. The van der Waals surface area contributed by atoms with Crippen molar-refractivity contribution in [3.05, 3.63) is 40.6 Å². The lowest BCUT2D eigenvalue weighted by Crippen LogP contribution is -2.43. The topological polar surface area (TPSA) is 71.4 Å². The molecule has 6 heteroatoms. The van der Waals surface area contributed by atoms with Gasteiger partial charge in [-0.2, -0.15) is 5.10 Å². The number of hydrogen-bond acceptors (Lipinski definition) is 4. The van der Waals surface area contributed by atoms with Crippen molar-refractivity contribution < 1.29 is 13.9 Å². The maximum atomic E-state index is 12.8. The standard InChI is InChI=1S/C16H21N3O3/c1-4-12-5-6-14(22-12)16(20)19-7-8-21-9-13(19)15-10(2)17-18-11(15)3/h5-6,13H,4,7-9H2,1-3H3,(H,17,18). The van der Waals surface area contributed by atoms with Gasteiger partial charge in [-0.05, 0) is 26.0 Å². The van der Waals surface area contributed by atoms with E-state index >= 15 is 0 Å². The Morgan fingerprint density at radius 2 is 2.27 bits per heavy atom. The Labute approximate surface area is 129 Å². The average molecular weight is 303 g/mol. The number of hydrogen-bond donors (Lipinski definition) is 1. The number of furan rings is 1. The first-order valence-electron chi connectivity index (χ1n) is 7.60. The third kappa shape index (κ3) is 2.54. The molecule has 6 nitrogen and oxygen atoms in total. The quantitative estimate of drug-likeness (QED) is 0.945. The zero-order chi connectivity index (χ0) is 15.7. The summed E-state index contributed by atoms with van der Waals surface area (Å²) in [6.45, 7) is 7.49. The molecule has 1 amide bonds. The normalized spacial score (nSPS) is 18.7. The highest BCUT2D eigenvalue weighted by Crippen LogP contribution is 2.29. The van der Waals surface area contributed by atoms with Gasteiger partial charge in [-0.3, -0.25) is 9.89 Å². The summed E-state index contributed by atoms with van der Waals surface area (Å²) in [5, 5.41) is 7.21. The number of amides is 1. The van der Waals surface area contributed by atoms with Crippen molar-refractivity contribution in [1.29, 1.82) is 0 Å². The molecule has 1 aliphatic rings. The van der Waals surface area contributed by atoms with E-state index in [-0.39, 0.29) is 11.9 Å². The highest BCUT2D eigenvalue weighted by Gasteiger charge is 2.33. The van der Waals surface area contributed by atoms with Crippen molar-refractivity contribution in [2.75, 3.05) is 19.8 Å². The van der Waals surface area contributed by atoms with E-state index in [0.717, 1.165) is 29.1 Å². The maximum Gasteiger partial charge on any atom is 0.290 e. The van der Waals surface area contributed by atoms with Crippen molar-refractivity contribution >= 4 is 5.91 Å². The van der Waals surface area contributed by atoms with Gasteiger partial charge < -0.3 is 14.1 Å². The fourth-order valence-corrected chi connectivity index (χ4v) is 2.96. The van der Waals surface area contributed by atoms with Gasteiger partial charge >= 0.3 is 0 Å². The zero-order valence-electron chi connectivity index (χ0n) is 13.2. The van der Waals surface area contributed by atoms with Crippen LogP contribution in [-0.4, -0.2) is 40.8 Å². The zero-order valence-corrected chi connectivity index (χ0v) is 13.2. The smallest absolute Gasteiger partial charge is 0.290 e. The number of ether oxygens (including phenoxy) is 1. The summed E-state index contributed by atoms with van der Waals surface area (Å²) in [7, 11) is 0. The van der Waals surface area contributed by atoms with Crippen LogP contribution < -0.4 is 0 Å². The van der Waals surface area contributed by atoms with Gasteiger partial charge in [0, 0.05) is 24.2 Å². The van der Waals surface area contributed by atoms with Crippen LogP contribution in [0.5, 0.6) is 0 Å². The molecule has 118 valence electrons. The van der Waals surface area contributed by atoms with E-state index in [0.29, 0.717) is 25.5 Å². The van der Waals surface area contributed by atoms with Crippen LogP contribution in [0.25, 0.3) is 0 Å². The number of aromatic amines is 1. The molecule has 0 bridgehead atoms. The number of carbonyl (C=O) groups excluding carboxylic acids is 1. The summed E-state index contributed by atoms with van der Waals surface area (Å²) in [6.07, 6.45) is 0.778. The predicted octanol–water partition coefficient (Wildman–Crippen LogP) is 2.40. The highest BCUT2D eigenvalue weighted by molar-refractivity contribution is 5.92. The van der Waals surface area contributed by atoms with Crippen molar-refractivity contribution in [3.8, 4) is 0 Å². The maximum absolute atomic E-state index is 12.8. The molecule has 1 atom stereocenters. The number of aryl methyl sites for hydroxylation is 3. The van der Waals surface area contributed by atoms with Crippen molar-refractivity contribution in [3.63, 3.8) is 0 Å². The largest absolute Gasteiger partial charge is 0.456 e. The van der Waals surface area contributed by atoms with Crippen LogP contribution in [-0.2, 0) is 11.2 Å². The van der Waals surface area contributed by atoms with Crippen LogP contribution in [0, 0.1) is 13.8 Å². The average Bonchev–Trinajstić information content (AvgIpc) is 3.14. The monoisotopic (exact) mass is 303 g/mol. The van der Waals surface area contributed by atoms with Gasteiger partial charge in [-0.25, -0.2) is 0 Å². The van der Waals surface area contributed by atoms with E-state index in [2.05, 4.69) is 10.2 Å². The third-order valence-electron chi connectivity index (χ3n) is 4.13. The first-order valence-corrected chi connectivity index (χ1v) is 7.60. The first kappa shape index (κ1) is 14.8. The van der Waals surface area contributed by atoms with Crippen LogP contribution in [0.1, 0.15) is 46.2 Å². The fraction of sp³-hybridized carbons (Fsp3) is 0.500. The molecule has 1 aliphatic heterocycles. The Kier molecular flexibility index (Phi) is 4.02. The summed E-state index contributed by atoms with van der Waals surface area (Å²) >= 11 is 0. The summed E-state index contributed by atoms with van der Waals surface area (Å²) in [4.78, 5) is 14.6. The molecule has 2 aromatic heterocycles. The number of aromatic nitrogens is 2. The van der Waals surface area contributed by atoms with Crippen LogP contribution in [0.2, 0.25) is 0 Å². The van der Waals surface area contributed by atoms with Gasteiger partial charge in [0.05, 0.1) is 24.9 Å². The second-order valence-electron chi connectivity index (χ2n) is 5.56. The number of H-pyrrole nitrogens is 1. The van der Waals surface area contributed by atoms with Gasteiger partial charge in [-0.1, -0.05) is 6.92 Å². The van der Waals surface area contributed by atoms with Gasteiger partial charge in [0.15, 0.2) is 5.76 Å². The molecule has 0 spiro atoms.